The Labute approximate surface area is 191 Å². The van der Waals surface area contributed by atoms with Gasteiger partial charge >= 0.3 is 5.97 Å². The number of benzene rings is 2. The van der Waals surface area contributed by atoms with Crippen LogP contribution < -0.4 is 5.32 Å². The SMILES string of the molecule is C[C@@H](NC(=O)CSc1ccccc1C(=O)OCC(=O)C(C)(C)C)c1cc2ccccc2o1. The van der Waals surface area contributed by atoms with E-state index in [0.717, 1.165) is 11.0 Å². The zero-order chi connectivity index (χ0) is 23.3. The number of para-hydroxylation sites is 1. The molecule has 1 N–H and O–H groups in total. The van der Waals surface area contributed by atoms with Crippen LogP contribution in [0, 0.1) is 5.41 Å². The van der Waals surface area contributed by atoms with Crippen molar-refractivity contribution >= 4 is 40.4 Å². The maximum Gasteiger partial charge on any atom is 0.339 e. The third kappa shape index (κ3) is 6.01. The highest BCUT2D eigenvalue weighted by Gasteiger charge is 2.23. The number of nitrogens with one attached hydrogen (secondary N) is 1. The fraction of sp³-hybridized carbons (Fsp3) is 0.320. The van der Waals surface area contributed by atoms with Gasteiger partial charge < -0.3 is 14.5 Å². The molecule has 3 aromatic rings. The van der Waals surface area contributed by atoms with E-state index in [0.29, 0.717) is 16.2 Å². The van der Waals surface area contributed by atoms with Crippen molar-refractivity contribution < 1.29 is 23.5 Å². The molecular formula is C25H27NO5S. The summed E-state index contributed by atoms with van der Waals surface area (Å²) >= 11 is 1.24. The molecule has 0 aliphatic heterocycles. The second-order valence-electron chi connectivity index (χ2n) is 8.51. The molecule has 0 radical (unpaired) electrons. The van der Waals surface area contributed by atoms with Crippen molar-refractivity contribution in [2.24, 2.45) is 5.41 Å². The molecule has 0 saturated heterocycles. The molecule has 0 aliphatic rings. The van der Waals surface area contributed by atoms with Crippen LogP contribution >= 0.6 is 11.8 Å². The molecule has 1 heterocycles. The van der Waals surface area contributed by atoms with Gasteiger partial charge in [-0.1, -0.05) is 51.1 Å². The highest BCUT2D eigenvalue weighted by molar-refractivity contribution is 8.00. The number of hydrogen-bond acceptors (Lipinski definition) is 6. The van der Waals surface area contributed by atoms with Crippen molar-refractivity contribution in [3.8, 4) is 0 Å². The largest absolute Gasteiger partial charge is 0.459 e. The smallest absolute Gasteiger partial charge is 0.339 e. The number of hydrogen-bond donors (Lipinski definition) is 1. The molecule has 0 bridgehead atoms. The number of thioether (sulfide) groups is 1. The van der Waals surface area contributed by atoms with Gasteiger partial charge in [-0.3, -0.25) is 9.59 Å². The van der Waals surface area contributed by atoms with Crippen LogP contribution in [0.5, 0.6) is 0 Å². The molecule has 0 saturated carbocycles. The van der Waals surface area contributed by atoms with Crippen LogP contribution in [0.1, 0.15) is 49.9 Å². The number of esters is 1. The van der Waals surface area contributed by atoms with Crippen LogP contribution in [-0.2, 0) is 14.3 Å². The monoisotopic (exact) mass is 453 g/mol. The molecule has 0 unspecified atom stereocenters. The van der Waals surface area contributed by atoms with Gasteiger partial charge in [0.1, 0.15) is 11.3 Å². The summed E-state index contributed by atoms with van der Waals surface area (Å²) in [6.45, 7) is 6.91. The Morgan fingerprint density at radius 2 is 1.75 bits per heavy atom. The predicted molar refractivity (Wildman–Crippen MR) is 125 cm³/mol. The Bertz CT molecular complexity index is 1100. The van der Waals surface area contributed by atoms with Crippen molar-refractivity contribution in [2.75, 3.05) is 12.4 Å². The highest BCUT2D eigenvalue weighted by atomic mass is 32.2. The minimum absolute atomic E-state index is 0.121. The van der Waals surface area contributed by atoms with Crippen LogP contribution in [0.2, 0.25) is 0 Å². The van der Waals surface area contributed by atoms with Gasteiger partial charge in [0, 0.05) is 15.7 Å². The number of amides is 1. The van der Waals surface area contributed by atoms with Crippen LogP contribution in [0.3, 0.4) is 0 Å². The minimum atomic E-state index is -0.582. The molecule has 0 aliphatic carbocycles. The molecule has 0 fully saturated rings. The molecule has 0 spiro atoms. The quantitative estimate of drug-likeness (QED) is 0.374. The number of furan rings is 1. The standard InChI is InChI=1S/C25H27NO5S/c1-16(20-13-17-9-5-7-11-19(17)31-20)26-23(28)15-32-21-12-8-6-10-18(21)24(29)30-14-22(27)25(2,3)4/h5-13,16H,14-15H2,1-4H3,(H,26,28)/t16-/m1/s1. The van der Waals surface area contributed by atoms with Crippen molar-refractivity contribution in [3.63, 3.8) is 0 Å². The van der Waals surface area contributed by atoms with Crippen molar-refractivity contribution in [1.82, 2.24) is 5.32 Å². The van der Waals surface area contributed by atoms with Crippen LogP contribution in [0.4, 0.5) is 0 Å². The fourth-order valence-electron chi connectivity index (χ4n) is 2.90. The third-order valence-electron chi connectivity index (χ3n) is 4.89. The zero-order valence-corrected chi connectivity index (χ0v) is 19.5. The predicted octanol–water partition coefficient (Wildman–Crippen LogP) is 5.17. The lowest BCUT2D eigenvalue weighted by atomic mass is 9.91. The lowest BCUT2D eigenvalue weighted by Crippen LogP contribution is -2.28. The van der Waals surface area contributed by atoms with E-state index in [1.165, 1.54) is 11.8 Å². The van der Waals surface area contributed by atoms with E-state index in [9.17, 15) is 14.4 Å². The fourth-order valence-corrected chi connectivity index (χ4v) is 3.75. The molecule has 1 atom stereocenters. The second-order valence-corrected chi connectivity index (χ2v) is 9.53. The summed E-state index contributed by atoms with van der Waals surface area (Å²) in [6, 6.07) is 16.2. The van der Waals surface area contributed by atoms with E-state index in [1.807, 2.05) is 37.3 Å². The first-order valence-corrected chi connectivity index (χ1v) is 11.3. The van der Waals surface area contributed by atoms with E-state index in [4.69, 9.17) is 9.15 Å². The first-order chi connectivity index (χ1) is 15.1. The Kier molecular flexibility index (Phi) is 7.40. The van der Waals surface area contributed by atoms with Gasteiger partial charge in [0.2, 0.25) is 5.91 Å². The molecule has 1 amide bonds. The zero-order valence-electron chi connectivity index (χ0n) is 18.6. The van der Waals surface area contributed by atoms with Gasteiger partial charge in [-0.25, -0.2) is 4.79 Å². The summed E-state index contributed by atoms with van der Waals surface area (Å²) in [5, 5.41) is 3.90. The lowest BCUT2D eigenvalue weighted by Gasteiger charge is -2.16. The molecular weight excluding hydrogens is 426 g/mol. The number of Topliss-reactive ketones (excluding diaryl/α,β-unsaturated/α-hetero) is 1. The molecule has 32 heavy (non-hydrogen) atoms. The van der Waals surface area contributed by atoms with Crippen molar-refractivity contribution in [3.05, 3.63) is 65.9 Å². The van der Waals surface area contributed by atoms with Crippen molar-refractivity contribution in [1.29, 1.82) is 0 Å². The Morgan fingerprint density at radius 1 is 1.06 bits per heavy atom. The van der Waals surface area contributed by atoms with Gasteiger partial charge in [-0.2, -0.15) is 0 Å². The number of carbonyl (C=O) groups excluding carboxylic acids is 3. The molecule has 7 heteroatoms. The summed E-state index contributed by atoms with van der Waals surface area (Å²) in [5.41, 5.74) is 0.524. The van der Waals surface area contributed by atoms with E-state index < -0.39 is 11.4 Å². The molecule has 6 nitrogen and oxygen atoms in total. The number of carbonyl (C=O) groups is 3. The maximum absolute atomic E-state index is 12.5. The number of ether oxygens (including phenoxy) is 1. The third-order valence-corrected chi connectivity index (χ3v) is 5.96. The first-order valence-electron chi connectivity index (χ1n) is 10.4. The van der Waals surface area contributed by atoms with Crippen LogP contribution in [0.15, 0.2) is 63.9 Å². The summed E-state index contributed by atoms with van der Waals surface area (Å²) in [4.78, 5) is 37.6. The summed E-state index contributed by atoms with van der Waals surface area (Å²) in [5.74, 6) is -0.127. The maximum atomic E-state index is 12.5. The van der Waals surface area contributed by atoms with Crippen molar-refractivity contribution in [2.45, 2.75) is 38.6 Å². The first kappa shape index (κ1) is 23.6. The molecule has 3 rings (SSSR count). The number of ketones is 1. The Morgan fingerprint density at radius 3 is 2.47 bits per heavy atom. The molecule has 1 aromatic heterocycles. The van der Waals surface area contributed by atoms with Crippen LogP contribution in [0.25, 0.3) is 11.0 Å². The van der Waals surface area contributed by atoms with Gasteiger partial charge in [0.25, 0.3) is 0 Å². The highest BCUT2D eigenvalue weighted by Crippen LogP contribution is 2.26. The topological polar surface area (TPSA) is 85.6 Å². The molecule has 168 valence electrons. The molecule has 2 aromatic carbocycles. The lowest BCUT2D eigenvalue weighted by molar-refractivity contribution is -0.129. The second kappa shape index (κ2) is 10.0. The van der Waals surface area contributed by atoms with Gasteiger partial charge in [-0.05, 0) is 31.2 Å². The normalized spacial score (nSPS) is 12.4. The van der Waals surface area contributed by atoms with Gasteiger partial charge in [0.15, 0.2) is 12.4 Å². The summed E-state index contributed by atoms with van der Waals surface area (Å²) < 4.78 is 11.0. The Balaban J connectivity index is 1.57. The summed E-state index contributed by atoms with van der Waals surface area (Å²) in [7, 11) is 0. The minimum Gasteiger partial charge on any atom is -0.459 e. The average Bonchev–Trinajstić information content (AvgIpc) is 3.20. The number of fused-ring (bicyclic) bond motifs is 1. The van der Waals surface area contributed by atoms with E-state index in [1.54, 1.807) is 45.0 Å². The van der Waals surface area contributed by atoms with Gasteiger partial charge in [-0.15, -0.1) is 11.8 Å². The van der Waals surface area contributed by atoms with E-state index in [-0.39, 0.29) is 30.1 Å². The summed E-state index contributed by atoms with van der Waals surface area (Å²) in [6.07, 6.45) is 0. The van der Waals surface area contributed by atoms with Crippen LogP contribution in [-0.4, -0.2) is 30.0 Å². The Hall–Kier alpha value is -3.06. The van der Waals surface area contributed by atoms with E-state index >= 15 is 0 Å². The average molecular weight is 454 g/mol. The van der Waals surface area contributed by atoms with Gasteiger partial charge in [0.05, 0.1) is 17.4 Å². The van der Waals surface area contributed by atoms with E-state index in [2.05, 4.69) is 5.32 Å². The number of rotatable bonds is 8.